The van der Waals surface area contributed by atoms with E-state index in [9.17, 15) is 18.3 Å². The van der Waals surface area contributed by atoms with Gasteiger partial charge in [-0.1, -0.05) is 37.8 Å². The third-order valence-electron chi connectivity index (χ3n) is 2.12. The summed E-state index contributed by atoms with van der Waals surface area (Å²) < 4.78 is 35.8. The highest BCUT2D eigenvalue weighted by Gasteiger charge is 2.25. The molecule has 0 aromatic heterocycles. The predicted octanol–water partition coefficient (Wildman–Crippen LogP) is 3.49. The Bertz CT molecular complexity index is 462. The first-order valence-electron chi connectivity index (χ1n) is 6.78. The Balaban J connectivity index is 0.00000191. The van der Waals surface area contributed by atoms with Gasteiger partial charge < -0.3 is 10.4 Å². The zero-order chi connectivity index (χ0) is 16.5. The molecule has 118 valence electrons. The Morgan fingerprint density at radius 2 is 1.62 bits per heavy atom. The average Bonchev–Trinajstić information content (AvgIpc) is 2.38. The molecule has 0 unspecified atom stereocenters. The zero-order valence-electron chi connectivity index (χ0n) is 12.8. The molecule has 21 heavy (non-hydrogen) atoms. The minimum atomic E-state index is -4.20. The molecule has 0 aliphatic heterocycles. The number of halogens is 3. The summed E-state index contributed by atoms with van der Waals surface area (Å²) in [6.07, 6.45) is -4.20. The van der Waals surface area contributed by atoms with Crippen LogP contribution >= 0.6 is 0 Å². The van der Waals surface area contributed by atoms with Gasteiger partial charge in [-0.3, -0.25) is 0 Å². The maximum absolute atomic E-state index is 11.9. The number of hydrogen-bond acceptors (Lipinski definition) is 2. The van der Waals surface area contributed by atoms with Crippen LogP contribution in [0.3, 0.4) is 0 Å². The van der Waals surface area contributed by atoms with Crippen molar-refractivity contribution < 1.29 is 18.3 Å². The van der Waals surface area contributed by atoms with Gasteiger partial charge in [-0.15, -0.1) is 0 Å². The van der Waals surface area contributed by atoms with Crippen LogP contribution < -0.4 is 5.32 Å². The molecule has 0 heterocycles. The molecule has 0 bridgehead atoms. The number of alkyl halides is 3. The van der Waals surface area contributed by atoms with Crippen molar-refractivity contribution in [2.24, 2.45) is 0 Å². The molecule has 0 saturated carbocycles. The highest BCUT2D eigenvalue weighted by Crippen LogP contribution is 2.12. The van der Waals surface area contributed by atoms with Crippen molar-refractivity contribution in [2.45, 2.75) is 46.0 Å². The van der Waals surface area contributed by atoms with Crippen LogP contribution in [0.4, 0.5) is 13.2 Å². The van der Waals surface area contributed by atoms with Crippen LogP contribution in [0, 0.1) is 11.8 Å². The molecule has 0 saturated heterocycles. The summed E-state index contributed by atoms with van der Waals surface area (Å²) in [6.45, 7) is 6.30. The van der Waals surface area contributed by atoms with Crippen LogP contribution in [0.5, 0.6) is 0 Å². The van der Waals surface area contributed by atoms with Crippen LogP contribution in [0.1, 0.15) is 38.8 Å². The summed E-state index contributed by atoms with van der Waals surface area (Å²) in [4.78, 5) is 0. The Labute approximate surface area is 124 Å². The van der Waals surface area contributed by atoms with Gasteiger partial charge in [-0.2, -0.15) is 13.2 Å². The van der Waals surface area contributed by atoms with Gasteiger partial charge >= 0.3 is 6.18 Å². The van der Waals surface area contributed by atoms with E-state index in [1.165, 1.54) is 0 Å². The molecule has 0 amide bonds. The van der Waals surface area contributed by atoms with Crippen molar-refractivity contribution >= 4 is 0 Å². The number of nitrogens with one attached hydrogen (secondary N) is 1. The fraction of sp³-hybridized carbons (Fsp3) is 0.500. The van der Waals surface area contributed by atoms with Gasteiger partial charge in [-0.05, 0) is 31.5 Å². The zero-order valence-corrected chi connectivity index (χ0v) is 12.8. The molecule has 2 nitrogen and oxygen atoms in total. The maximum atomic E-state index is 11.9. The second kappa shape index (κ2) is 8.71. The molecule has 0 spiro atoms. The summed E-state index contributed by atoms with van der Waals surface area (Å²) in [5, 5.41) is 11.8. The van der Waals surface area contributed by atoms with Crippen molar-refractivity contribution in [1.29, 1.82) is 0 Å². The normalized spacial score (nSPS) is 11.0. The summed E-state index contributed by atoms with van der Waals surface area (Å²) in [5.41, 5.74) is 0.396. The van der Waals surface area contributed by atoms with E-state index in [1.54, 1.807) is 38.1 Å². The van der Waals surface area contributed by atoms with E-state index in [0.29, 0.717) is 5.56 Å². The second-order valence-corrected chi connectivity index (χ2v) is 4.72. The molecule has 1 aromatic rings. The highest BCUT2D eigenvalue weighted by atomic mass is 19.4. The predicted molar refractivity (Wildman–Crippen MR) is 78.7 cm³/mol. The van der Waals surface area contributed by atoms with Crippen molar-refractivity contribution in [1.82, 2.24) is 5.32 Å². The Kier molecular flexibility index (Phi) is 8.08. The number of rotatable bonds is 3. The first-order valence-corrected chi connectivity index (χ1v) is 6.78. The van der Waals surface area contributed by atoms with Crippen molar-refractivity contribution in [3.05, 3.63) is 35.4 Å². The van der Waals surface area contributed by atoms with E-state index in [0.717, 1.165) is 5.56 Å². The van der Waals surface area contributed by atoms with E-state index in [4.69, 9.17) is 0 Å². The molecule has 2 N–H and O–H groups in total. The molecular weight excluding hydrogens is 279 g/mol. The smallest absolute Gasteiger partial charge is 0.378 e. The summed E-state index contributed by atoms with van der Waals surface area (Å²) >= 11 is 0. The molecule has 5 heteroatoms. The monoisotopic (exact) mass is 301 g/mol. The molecule has 0 aliphatic carbocycles. The quantitative estimate of drug-likeness (QED) is 0.838. The number of aliphatic hydroxyl groups is 1. The summed E-state index contributed by atoms with van der Waals surface area (Å²) in [6, 6.07) is 6.84. The molecular formula is C16H22F3NO. The fourth-order valence-corrected chi connectivity index (χ4v) is 1.28. The van der Waals surface area contributed by atoms with Gasteiger partial charge in [0.1, 0.15) is 5.60 Å². The summed E-state index contributed by atoms with van der Waals surface area (Å²) in [7, 11) is 0. The fourth-order valence-electron chi connectivity index (χ4n) is 1.28. The minimum absolute atomic E-state index is 0.151. The first kappa shape index (κ1) is 19.5. The van der Waals surface area contributed by atoms with Gasteiger partial charge in [0.25, 0.3) is 0 Å². The van der Waals surface area contributed by atoms with Crippen molar-refractivity contribution in [2.75, 3.05) is 6.54 Å². The third-order valence-corrected chi connectivity index (χ3v) is 2.12. The molecule has 0 radical (unpaired) electrons. The van der Waals surface area contributed by atoms with Gasteiger partial charge in [0.05, 0.1) is 6.54 Å². The average molecular weight is 301 g/mol. The van der Waals surface area contributed by atoms with E-state index in [1.807, 2.05) is 13.8 Å². The standard InChI is InChI=1S/C14H16F3NO.C2H6/c1-13(2,19)8-7-11-3-5-12(6-4-11)9-18-10-14(15,16)17;1-2/h3-6,18-19H,9-10H2,1-2H3;1-2H3. The lowest BCUT2D eigenvalue weighted by atomic mass is 10.1. The Morgan fingerprint density at radius 1 is 1.10 bits per heavy atom. The van der Waals surface area contributed by atoms with Crippen molar-refractivity contribution in [3.8, 4) is 11.8 Å². The molecule has 1 aromatic carbocycles. The van der Waals surface area contributed by atoms with Gasteiger partial charge in [0, 0.05) is 12.1 Å². The Hall–Kier alpha value is -1.51. The van der Waals surface area contributed by atoms with Crippen LogP contribution in [0.2, 0.25) is 0 Å². The van der Waals surface area contributed by atoms with Gasteiger partial charge in [0.15, 0.2) is 0 Å². The van der Waals surface area contributed by atoms with Crippen LogP contribution in [0.15, 0.2) is 24.3 Å². The molecule has 0 atom stereocenters. The van der Waals surface area contributed by atoms with Crippen LogP contribution in [-0.4, -0.2) is 23.4 Å². The Morgan fingerprint density at radius 3 is 2.05 bits per heavy atom. The van der Waals surface area contributed by atoms with Gasteiger partial charge in [-0.25, -0.2) is 0 Å². The van der Waals surface area contributed by atoms with Crippen molar-refractivity contribution in [3.63, 3.8) is 0 Å². The molecule has 0 fully saturated rings. The van der Waals surface area contributed by atoms with E-state index in [2.05, 4.69) is 17.2 Å². The number of hydrogen-bond donors (Lipinski definition) is 2. The van der Waals surface area contributed by atoms with Crippen LogP contribution in [-0.2, 0) is 6.54 Å². The maximum Gasteiger partial charge on any atom is 0.401 e. The molecule has 1 rings (SSSR count). The van der Waals surface area contributed by atoms with E-state index in [-0.39, 0.29) is 6.54 Å². The van der Waals surface area contributed by atoms with Gasteiger partial charge in [0.2, 0.25) is 0 Å². The SMILES string of the molecule is CC.CC(C)(O)C#Cc1ccc(CNCC(F)(F)F)cc1. The van der Waals surface area contributed by atoms with E-state index >= 15 is 0 Å². The van der Waals surface area contributed by atoms with E-state index < -0.39 is 18.3 Å². The third kappa shape index (κ3) is 10.9. The van der Waals surface area contributed by atoms with Crippen LogP contribution in [0.25, 0.3) is 0 Å². The lowest BCUT2D eigenvalue weighted by molar-refractivity contribution is -0.125. The summed E-state index contributed by atoms with van der Waals surface area (Å²) in [5.74, 6) is 5.45. The lowest BCUT2D eigenvalue weighted by Gasteiger charge is -2.08. The lowest BCUT2D eigenvalue weighted by Crippen LogP contribution is -2.28. The minimum Gasteiger partial charge on any atom is -0.378 e. The first-order chi connectivity index (χ1) is 9.66. The largest absolute Gasteiger partial charge is 0.401 e. The molecule has 0 aliphatic rings. The highest BCUT2D eigenvalue weighted by molar-refractivity contribution is 5.37. The topological polar surface area (TPSA) is 32.3 Å². The number of benzene rings is 1. The second-order valence-electron chi connectivity index (χ2n) is 4.72.